The Morgan fingerprint density at radius 3 is 2.79 bits per heavy atom. The minimum atomic E-state index is -0.239. The molecule has 19 heavy (non-hydrogen) atoms. The summed E-state index contributed by atoms with van der Waals surface area (Å²) in [4.78, 5) is 4.46. The number of para-hydroxylation sites is 1. The quantitative estimate of drug-likeness (QED) is 0.822. The Hall–Kier alpha value is -1.48. The largest absolute Gasteiger partial charge is 0.313 e. The fourth-order valence-electron chi connectivity index (χ4n) is 2.15. The molecule has 2 nitrogen and oxygen atoms in total. The molecule has 0 saturated heterocycles. The van der Waals surface area contributed by atoms with E-state index in [-0.39, 0.29) is 5.82 Å². The molecule has 0 spiro atoms. The van der Waals surface area contributed by atoms with Crippen LogP contribution in [0.4, 0.5) is 4.39 Å². The van der Waals surface area contributed by atoms with E-state index in [0.29, 0.717) is 11.4 Å². The van der Waals surface area contributed by atoms with Crippen LogP contribution < -0.4 is 5.32 Å². The minimum absolute atomic E-state index is 0.239. The van der Waals surface area contributed by atoms with E-state index in [1.165, 1.54) is 6.07 Å². The first-order chi connectivity index (χ1) is 9.13. The van der Waals surface area contributed by atoms with Gasteiger partial charge in [0.05, 0.1) is 0 Å². The van der Waals surface area contributed by atoms with Gasteiger partial charge in [-0.2, -0.15) is 0 Å². The number of hydrogen-bond acceptors (Lipinski definition) is 2. The lowest BCUT2D eigenvalue weighted by Crippen LogP contribution is -2.14. The normalized spacial score (nSPS) is 11.4. The summed E-state index contributed by atoms with van der Waals surface area (Å²) in [6.45, 7) is 8.03. The fourth-order valence-corrected chi connectivity index (χ4v) is 2.15. The smallest absolute Gasteiger partial charge is 0.149 e. The molecule has 0 bridgehead atoms. The highest BCUT2D eigenvalue weighted by Gasteiger charge is 2.11. The van der Waals surface area contributed by atoms with Crippen molar-refractivity contribution < 1.29 is 4.39 Å². The van der Waals surface area contributed by atoms with Gasteiger partial charge in [0.15, 0.2) is 0 Å². The maximum atomic E-state index is 13.9. The summed E-state index contributed by atoms with van der Waals surface area (Å²) in [6, 6.07) is 7.26. The lowest BCUT2D eigenvalue weighted by Gasteiger charge is -2.12. The standard InChI is InChI=1S/C16H21FN2/c1-4-8-18-10-12-9-15(11(2)3)19-16-13(12)6-5-7-14(16)17/h5-7,9,11,18H,4,8,10H2,1-3H3. The van der Waals surface area contributed by atoms with Crippen molar-refractivity contribution in [3.63, 3.8) is 0 Å². The average Bonchev–Trinajstić information content (AvgIpc) is 2.39. The van der Waals surface area contributed by atoms with Gasteiger partial charge in [-0.3, -0.25) is 0 Å². The second kappa shape index (κ2) is 6.11. The molecule has 0 unspecified atom stereocenters. The van der Waals surface area contributed by atoms with Crippen molar-refractivity contribution in [2.45, 2.75) is 39.7 Å². The molecule has 0 aliphatic carbocycles. The van der Waals surface area contributed by atoms with Crippen LogP contribution in [0, 0.1) is 5.82 Å². The monoisotopic (exact) mass is 260 g/mol. The molecule has 0 saturated carbocycles. The number of fused-ring (bicyclic) bond motifs is 1. The van der Waals surface area contributed by atoms with E-state index < -0.39 is 0 Å². The summed E-state index contributed by atoms with van der Waals surface area (Å²) in [5, 5.41) is 4.29. The van der Waals surface area contributed by atoms with Crippen molar-refractivity contribution in [3.8, 4) is 0 Å². The van der Waals surface area contributed by atoms with E-state index in [1.807, 2.05) is 6.07 Å². The number of pyridine rings is 1. The molecule has 2 aromatic rings. The number of halogens is 1. The first-order valence-electron chi connectivity index (χ1n) is 6.92. The second-order valence-electron chi connectivity index (χ2n) is 5.17. The summed E-state index contributed by atoms with van der Waals surface area (Å²) >= 11 is 0. The number of benzene rings is 1. The van der Waals surface area contributed by atoms with Crippen LogP contribution in [0.25, 0.3) is 10.9 Å². The molecule has 3 heteroatoms. The van der Waals surface area contributed by atoms with Crippen LogP contribution in [0.2, 0.25) is 0 Å². The maximum absolute atomic E-state index is 13.9. The van der Waals surface area contributed by atoms with E-state index in [4.69, 9.17) is 0 Å². The first kappa shape index (κ1) is 13.9. The minimum Gasteiger partial charge on any atom is -0.313 e. The average molecular weight is 260 g/mol. The van der Waals surface area contributed by atoms with E-state index in [9.17, 15) is 4.39 Å². The first-order valence-corrected chi connectivity index (χ1v) is 6.92. The van der Waals surface area contributed by atoms with Crippen LogP contribution in [-0.2, 0) is 6.54 Å². The lowest BCUT2D eigenvalue weighted by molar-refractivity contribution is 0.634. The fraction of sp³-hybridized carbons (Fsp3) is 0.438. The second-order valence-corrected chi connectivity index (χ2v) is 5.17. The highest BCUT2D eigenvalue weighted by Crippen LogP contribution is 2.24. The van der Waals surface area contributed by atoms with Crippen molar-refractivity contribution in [2.75, 3.05) is 6.54 Å². The topological polar surface area (TPSA) is 24.9 Å². The van der Waals surface area contributed by atoms with Crippen LogP contribution in [-0.4, -0.2) is 11.5 Å². The highest BCUT2D eigenvalue weighted by molar-refractivity contribution is 5.83. The van der Waals surface area contributed by atoms with Gasteiger partial charge >= 0.3 is 0 Å². The van der Waals surface area contributed by atoms with Crippen LogP contribution in [0.3, 0.4) is 0 Å². The van der Waals surface area contributed by atoms with Gasteiger partial charge in [0.25, 0.3) is 0 Å². The molecule has 0 amide bonds. The zero-order chi connectivity index (χ0) is 13.8. The predicted molar refractivity (Wildman–Crippen MR) is 77.8 cm³/mol. The summed E-state index contributed by atoms with van der Waals surface area (Å²) in [7, 11) is 0. The zero-order valence-corrected chi connectivity index (χ0v) is 11.8. The third-order valence-corrected chi connectivity index (χ3v) is 3.23. The Kier molecular flexibility index (Phi) is 4.48. The summed E-state index contributed by atoms with van der Waals surface area (Å²) in [5.41, 5.74) is 2.56. The number of rotatable bonds is 5. The van der Waals surface area contributed by atoms with Crippen LogP contribution in [0.15, 0.2) is 24.3 Å². The van der Waals surface area contributed by atoms with Crippen LogP contribution >= 0.6 is 0 Å². The zero-order valence-electron chi connectivity index (χ0n) is 11.8. The number of nitrogens with one attached hydrogen (secondary N) is 1. The number of nitrogens with zero attached hydrogens (tertiary/aromatic N) is 1. The highest BCUT2D eigenvalue weighted by atomic mass is 19.1. The molecule has 102 valence electrons. The van der Waals surface area contributed by atoms with Gasteiger partial charge < -0.3 is 5.32 Å². The van der Waals surface area contributed by atoms with E-state index in [1.54, 1.807) is 6.07 Å². The van der Waals surface area contributed by atoms with Gasteiger partial charge in [-0.25, -0.2) is 9.37 Å². The third kappa shape index (κ3) is 3.10. The molecular formula is C16H21FN2. The Bertz CT molecular complexity index is 564. The summed E-state index contributed by atoms with van der Waals surface area (Å²) < 4.78 is 13.9. The maximum Gasteiger partial charge on any atom is 0.149 e. The van der Waals surface area contributed by atoms with Crippen molar-refractivity contribution >= 4 is 10.9 Å². The van der Waals surface area contributed by atoms with Crippen LogP contribution in [0.5, 0.6) is 0 Å². The van der Waals surface area contributed by atoms with Crippen LogP contribution in [0.1, 0.15) is 44.4 Å². The lowest BCUT2D eigenvalue weighted by atomic mass is 10.0. The molecule has 0 fully saturated rings. The number of hydrogen-bond donors (Lipinski definition) is 1. The molecule has 1 N–H and O–H groups in total. The molecule has 0 atom stereocenters. The molecule has 0 radical (unpaired) electrons. The molecule has 0 aliphatic heterocycles. The summed E-state index contributed by atoms with van der Waals surface area (Å²) in [5.74, 6) is 0.0608. The Balaban J connectivity index is 2.49. The SMILES string of the molecule is CCCNCc1cc(C(C)C)nc2c(F)cccc12. The van der Waals surface area contributed by atoms with Gasteiger partial charge in [-0.1, -0.05) is 32.9 Å². The van der Waals surface area contributed by atoms with Gasteiger partial charge in [0.1, 0.15) is 11.3 Å². The molecular weight excluding hydrogens is 239 g/mol. The van der Waals surface area contributed by atoms with E-state index >= 15 is 0 Å². The molecule has 1 heterocycles. The van der Waals surface area contributed by atoms with Gasteiger partial charge in [0.2, 0.25) is 0 Å². The van der Waals surface area contributed by atoms with Gasteiger partial charge in [-0.05, 0) is 36.6 Å². The van der Waals surface area contributed by atoms with Crippen molar-refractivity contribution in [3.05, 3.63) is 41.3 Å². The van der Waals surface area contributed by atoms with E-state index in [2.05, 4.69) is 37.1 Å². The molecule has 1 aromatic carbocycles. The number of aromatic nitrogens is 1. The van der Waals surface area contributed by atoms with Crippen molar-refractivity contribution in [1.29, 1.82) is 0 Å². The molecule has 2 rings (SSSR count). The Labute approximate surface area is 114 Å². The summed E-state index contributed by atoms with van der Waals surface area (Å²) in [6.07, 6.45) is 1.09. The molecule has 1 aromatic heterocycles. The van der Waals surface area contributed by atoms with Crippen molar-refractivity contribution in [1.82, 2.24) is 10.3 Å². The Morgan fingerprint density at radius 1 is 1.32 bits per heavy atom. The van der Waals surface area contributed by atoms with Gasteiger partial charge in [0, 0.05) is 17.6 Å². The predicted octanol–water partition coefficient (Wildman–Crippen LogP) is 4.00. The van der Waals surface area contributed by atoms with Gasteiger partial charge in [-0.15, -0.1) is 0 Å². The third-order valence-electron chi connectivity index (χ3n) is 3.23. The Morgan fingerprint density at radius 2 is 2.11 bits per heavy atom. The van der Waals surface area contributed by atoms with Crippen molar-refractivity contribution in [2.24, 2.45) is 0 Å². The van der Waals surface area contributed by atoms with E-state index in [0.717, 1.165) is 36.2 Å². The molecule has 0 aliphatic rings.